The summed E-state index contributed by atoms with van der Waals surface area (Å²) in [5, 5.41) is 5.91. The van der Waals surface area contributed by atoms with Gasteiger partial charge in [-0.25, -0.2) is 13.4 Å². The van der Waals surface area contributed by atoms with Crippen LogP contribution in [-0.2, 0) is 14.8 Å². The Balaban J connectivity index is 1.59. The summed E-state index contributed by atoms with van der Waals surface area (Å²) in [6, 6.07) is 17.6. The number of carbonyl (C=O) groups is 1. The van der Waals surface area contributed by atoms with Crippen LogP contribution in [0.1, 0.15) is 34.9 Å². The Labute approximate surface area is 188 Å². The second-order valence-corrected chi connectivity index (χ2v) is 10.0. The molecule has 1 aliphatic heterocycles. The number of nitrogens with zero attached hydrogens (tertiary/aromatic N) is 3. The zero-order valence-electron chi connectivity index (χ0n) is 18.2. The van der Waals surface area contributed by atoms with Crippen molar-refractivity contribution in [1.82, 2.24) is 9.31 Å². The fourth-order valence-corrected chi connectivity index (χ4v) is 4.72. The summed E-state index contributed by atoms with van der Waals surface area (Å²) < 4.78 is 32.5. The maximum Gasteiger partial charge on any atom is 0.258 e. The van der Waals surface area contributed by atoms with Crippen LogP contribution < -0.4 is 0 Å². The van der Waals surface area contributed by atoms with E-state index in [1.165, 1.54) is 12.1 Å². The van der Waals surface area contributed by atoms with E-state index in [1.807, 2.05) is 38.1 Å². The predicted molar refractivity (Wildman–Crippen MR) is 122 cm³/mol. The van der Waals surface area contributed by atoms with Crippen molar-refractivity contribution < 1.29 is 17.6 Å². The lowest BCUT2D eigenvalue weighted by atomic mass is 10.0. The minimum Gasteiger partial charge on any atom is -0.467 e. The molecule has 0 spiro atoms. The summed E-state index contributed by atoms with van der Waals surface area (Å²) in [5.74, 6) is 0.181. The number of carbonyl (C=O) groups excluding carboxylic acids is 1. The number of rotatable bonds is 6. The predicted octanol–water partition coefficient (Wildman–Crippen LogP) is 3.89. The van der Waals surface area contributed by atoms with Gasteiger partial charge in [0.15, 0.2) is 0 Å². The Morgan fingerprint density at radius 2 is 1.69 bits per heavy atom. The lowest BCUT2D eigenvalue weighted by Gasteiger charge is -2.23. The van der Waals surface area contributed by atoms with Crippen LogP contribution in [0.15, 0.2) is 81.3 Å². The first-order valence-corrected chi connectivity index (χ1v) is 11.7. The molecule has 0 saturated heterocycles. The van der Waals surface area contributed by atoms with E-state index >= 15 is 0 Å². The number of hydrogen-bond donors (Lipinski definition) is 0. The third-order valence-electron chi connectivity index (χ3n) is 5.51. The molecule has 1 unspecified atom stereocenters. The van der Waals surface area contributed by atoms with Crippen molar-refractivity contribution in [3.63, 3.8) is 0 Å². The van der Waals surface area contributed by atoms with E-state index in [0.717, 1.165) is 26.7 Å². The summed E-state index contributed by atoms with van der Waals surface area (Å²) in [5.41, 5.74) is 3.76. The van der Waals surface area contributed by atoms with Gasteiger partial charge in [0.05, 0.1) is 23.4 Å². The summed E-state index contributed by atoms with van der Waals surface area (Å²) in [7, 11) is -2.41. The number of sulfonamides is 1. The number of likely N-dealkylation sites (N-methyl/N-ethyl adjacent to an activating group) is 1. The van der Waals surface area contributed by atoms with Crippen molar-refractivity contribution in [2.45, 2.75) is 31.2 Å². The molecular weight excluding hydrogens is 426 g/mol. The van der Waals surface area contributed by atoms with Gasteiger partial charge in [-0.15, -0.1) is 0 Å². The van der Waals surface area contributed by atoms with Crippen LogP contribution >= 0.6 is 0 Å². The molecule has 32 heavy (non-hydrogen) atoms. The van der Waals surface area contributed by atoms with Crippen LogP contribution in [0.2, 0.25) is 0 Å². The molecule has 0 N–H and O–H groups in total. The highest BCUT2D eigenvalue weighted by Crippen LogP contribution is 2.33. The summed E-state index contributed by atoms with van der Waals surface area (Å²) in [6.07, 6.45) is 2.03. The van der Waals surface area contributed by atoms with Gasteiger partial charge in [0.1, 0.15) is 11.8 Å². The molecule has 0 saturated carbocycles. The Morgan fingerprint density at radius 3 is 2.28 bits per heavy atom. The van der Waals surface area contributed by atoms with E-state index in [0.29, 0.717) is 12.2 Å². The van der Waals surface area contributed by atoms with Gasteiger partial charge < -0.3 is 4.42 Å². The fraction of sp³-hybridized carbons (Fsp3) is 0.250. The van der Waals surface area contributed by atoms with Crippen LogP contribution in [0.25, 0.3) is 0 Å². The quantitative estimate of drug-likeness (QED) is 0.569. The molecule has 1 aliphatic rings. The van der Waals surface area contributed by atoms with E-state index in [-0.39, 0.29) is 11.4 Å². The monoisotopic (exact) mass is 451 g/mol. The highest BCUT2D eigenvalue weighted by atomic mass is 32.2. The third kappa shape index (κ3) is 4.37. The van der Waals surface area contributed by atoms with Crippen LogP contribution in [0, 0.1) is 13.8 Å². The summed E-state index contributed by atoms with van der Waals surface area (Å²) in [4.78, 5) is 13.3. The summed E-state index contributed by atoms with van der Waals surface area (Å²) in [6.45, 7) is 3.56. The maximum atomic E-state index is 13.2. The first-order valence-electron chi connectivity index (χ1n) is 10.3. The highest BCUT2D eigenvalue weighted by molar-refractivity contribution is 7.89. The number of aryl methyl sites for hydroxylation is 2. The molecule has 2 aromatic carbocycles. The fourth-order valence-electron chi connectivity index (χ4n) is 3.60. The second-order valence-electron chi connectivity index (χ2n) is 7.96. The van der Waals surface area contributed by atoms with Crippen molar-refractivity contribution in [2.75, 3.05) is 13.6 Å². The number of furan rings is 1. The molecule has 0 radical (unpaired) electrons. The standard InChI is InChI=1S/C24H25N3O4S/c1-17-6-10-19(11-7-17)21-15-22(23-5-4-14-31-23)27(25-21)24(28)16-26(3)32(29,30)20-12-8-18(2)9-13-20/h4-14,22H,15-16H2,1-3H3. The number of hydrogen-bond acceptors (Lipinski definition) is 5. The Bertz CT molecular complexity index is 1230. The van der Waals surface area contributed by atoms with Crippen molar-refractivity contribution in [3.05, 3.63) is 89.4 Å². The molecule has 8 heteroatoms. The van der Waals surface area contributed by atoms with E-state index in [1.54, 1.807) is 42.7 Å². The molecule has 0 aliphatic carbocycles. The molecule has 3 aromatic rings. The van der Waals surface area contributed by atoms with E-state index in [2.05, 4.69) is 5.10 Å². The molecule has 1 atom stereocenters. The van der Waals surface area contributed by atoms with Crippen LogP contribution in [0.4, 0.5) is 0 Å². The van der Waals surface area contributed by atoms with E-state index in [9.17, 15) is 13.2 Å². The van der Waals surface area contributed by atoms with Crippen LogP contribution in [-0.4, -0.2) is 42.9 Å². The Hall–Kier alpha value is -3.23. The molecular formula is C24H25N3O4S. The summed E-state index contributed by atoms with van der Waals surface area (Å²) >= 11 is 0. The van der Waals surface area contributed by atoms with E-state index < -0.39 is 22.0 Å². The molecule has 2 heterocycles. The maximum absolute atomic E-state index is 13.2. The lowest BCUT2D eigenvalue weighted by Crippen LogP contribution is -2.39. The topological polar surface area (TPSA) is 83.2 Å². The van der Waals surface area contributed by atoms with Gasteiger partial charge in [-0.3, -0.25) is 4.79 Å². The zero-order valence-corrected chi connectivity index (χ0v) is 19.0. The van der Waals surface area contributed by atoms with Crippen LogP contribution in [0.5, 0.6) is 0 Å². The largest absolute Gasteiger partial charge is 0.467 e. The minimum atomic E-state index is -3.81. The molecule has 7 nitrogen and oxygen atoms in total. The molecule has 166 valence electrons. The average molecular weight is 452 g/mol. The minimum absolute atomic E-state index is 0.145. The molecule has 1 amide bonds. The highest BCUT2D eigenvalue weighted by Gasteiger charge is 2.36. The Morgan fingerprint density at radius 1 is 1.06 bits per heavy atom. The molecule has 1 aromatic heterocycles. The van der Waals surface area contributed by atoms with Gasteiger partial charge >= 0.3 is 0 Å². The van der Waals surface area contributed by atoms with Gasteiger partial charge in [0.25, 0.3) is 5.91 Å². The molecule has 4 rings (SSSR count). The first-order chi connectivity index (χ1) is 15.3. The molecule has 0 bridgehead atoms. The van der Waals surface area contributed by atoms with Crippen LogP contribution in [0.3, 0.4) is 0 Å². The van der Waals surface area contributed by atoms with Crippen molar-refractivity contribution in [2.24, 2.45) is 5.10 Å². The number of benzene rings is 2. The van der Waals surface area contributed by atoms with Gasteiger partial charge in [0, 0.05) is 13.5 Å². The normalized spacial score (nSPS) is 16.4. The van der Waals surface area contributed by atoms with Gasteiger partial charge in [0.2, 0.25) is 10.0 Å². The van der Waals surface area contributed by atoms with Crippen molar-refractivity contribution in [3.8, 4) is 0 Å². The van der Waals surface area contributed by atoms with Gasteiger partial charge in [-0.1, -0.05) is 47.5 Å². The second kappa shape index (κ2) is 8.72. The molecule has 0 fully saturated rings. The van der Waals surface area contributed by atoms with E-state index in [4.69, 9.17) is 4.42 Å². The van der Waals surface area contributed by atoms with Crippen molar-refractivity contribution >= 4 is 21.6 Å². The van der Waals surface area contributed by atoms with Gasteiger partial charge in [-0.05, 0) is 43.7 Å². The van der Waals surface area contributed by atoms with Gasteiger partial charge in [-0.2, -0.15) is 9.41 Å². The van der Waals surface area contributed by atoms with Crippen molar-refractivity contribution in [1.29, 1.82) is 0 Å². The number of hydrazone groups is 1. The third-order valence-corrected chi connectivity index (χ3v) is 7.33. The first kappa shape index (κ1) is 22.0. The zero-order chi connectivity index (χ0) is 22.9. The smallest absolute Gasteiger partial charge is 0.258 e. The SMILES string of the molecule is Cc1ccc(C2=NN(C(=O)CN(C)S(=O)(=O)c3ccc(C)cc3)C(c3ccco3)C2)cc1. The number of amides is 1. The Kier molecular flexibility index (Phi) is 5.99. The lowest BCUT2D eigenvalue weighted by molar-refractivity contribution is -0.133. The average Bonchev–Trinajstić information content (AvgIpc) is 3.44.